The maximum atomic E-state index is 11.6. The van der Waals surface area contributed by atoms with E-state index >= 15 is 0 Å². The number of benzene rings is 1. The Hall–Kier alpha value is -2.28. The highest BCUT2D eigenvalue weighted by molar-refractivity contribution is 5.78. The number of ether oxygens (including phenoxy) is 3. The predicted molar refractivity (Wildman–Crippen MR) is 74.6 cm³/mol. The van der Waals surface area contributed by atoms with Gasteiger partial charge in [0.05, 0.1) is 20.3 Å². The molecule has 7 heteroatoms. The molecule has 7 nitrogen and oxygen atoms in total. The first kappa shape index (κ1) is 16.8. The number of carboxylic acid groups (broad SMARTS) is 1. The number of carbonyl (C=O) groups excluding carboxylic acids is 1. The normalized spacial score (nSPS) is 11.6. The van der Waals surface area contributed by atoms with Crippen LogP contribution in [0.25, 0.3) is 0 Å². The summed E-state index contributed by atoms with van der Waals surface area (Å²) in [4.78, 5) is 21.9. The summed E-state index contributed by atoms with van der Waals surface area (Å²) in [7, 11) is 3.09. The topological polar surface area (TPSA) is 94.1 Å². The van der Waals surface area contributed by atoms with Crippen LogP contribution in [0.1, 0.15) is 18.5 Å². The van der Waals surface area contributed by atoms with Gasteiger partial charge in [-0.3, -0.25) is 4.79 Å². The second kappa shape index (κ2) is 8.11. The molecule has 0 aliphatic carbocycles. The average Bonchev–Trinajstić information content (AvgIpc) is 2.45. The third kappa shape index (κ3) is 5.31. The number of carboxylic acids is 1. The lowest BCUT2D eigenvalue weighted by Crippen LogP contribution is -2.31. The molecule has 116 valence electrons. The summed E-state index contributed by atoms with van der Waals surface area (Å²) in [5, 5.41) is 11.1. The third-order valence-electron chi connectivity index (χ3n) is 2.74. The van der Waals surface area contributed by atoms with E-state index in [9.17, 15) is 9.59 Å². The van der Waals surface area contributed by atoms with Gasteiger partial charge in [-0.05, 0) is 19.1 Å². The number of carbonyl (C=O) groups is 2. The SMILES string of the molecule is COc1ccc(C(C)NC(=O)COCC(=O)O)c(OC)c1. The molecule has 0 radical (unpaired) electrons. The highest BCUT2D eigenvalue weighted by Crippen LogP contribution is 2.29. The van der Waals surface area contributed by atoms with Crippen molar-refractivity contribution in [2.75, 3.05) is 27.4 Å². The van der Waals surface area contributed by atoms with E-state index in [0.29, 0.717) is 11.5 Å². The fraction of sp³-hybridized carbons (Fsp3) is 0.429. The lowest BCUT2D eigenvalue weighted by Gasteiger charge is -2.18. The highest BCUT2D eigenvalue weighted by Gasteiger charge is 2.15. The number of methoxy groups -OCH3 is 2. The molecule has 0 aliphatic heterocycles. The van der Waals surface area contributed by atoms with E-state index < -0.39 is 18.5 Å². The molecule has 1 amide bonds. The molecule has 0 aromatic heterocycles. The summed E-state index contributed by atoms with van der Waals surface area (Å²) in [6, 6.07) is 4.97. The first-order valence-electron chi connectivity index (χ1n) is 6.28. The Labute approximate surface area is 122 Å². The Balaban J connectivity index is 2.64. The second-order valence-electron chi connectivity index (χ2n) is 4.28. The van der Waals surface area contributed by atoms with Crippen LogP contribution in [0, 0.1) is 0 Å². The molecule has 1 atom stereocenters. The Morgan fingerprint density at radius 3 is 2.52 bits per heavy atom. The molecule has 1 rings (SSSR count). The van der Waals surface area contributed by atoms with Crippen molar-refractivity contribution in [3.05, 3.63) is 23.8 Å². The lowest BCUT2D eigenvalue weighted by molar-refractivity contribution is -0.143. The van der Waals surface area contributed by atoms with Gasteiger partial charge in [0.2, 0.25) is 5.91 Å². The van der Waals surface area contributed by atoms with E-state index in [0.717, 1.165) is 5.56 Å². The molecule has 0 saturated heterocycles. The zero-order valence-corrected chi connectivity index (χ0v) is 12.2. The molecule has 0 spiro atoms. The van der Waals surface area contributed by atoms with Crippen LogP contribution in [-0.2, 0) is 14.3 Å². The van der Waals surface area contributed by atoms with Crippen molar-refractivity contribution in [1.82, 2.24) is 5.32 Å². The summed E-state index contributed by atoms with van der Waals surface area (Å²) >= 11 is 0. The summed E-state index contributed by atoms with van der Waals surface area (Å²) in [5.41, 5.74) is 0.782. The zero-order valence-electron chi connectivity index (χ0n) is 12.2. The van der Waals surface area contributed by atoms with Crippen LogP contribution in [0.2, 0.25) is 0 Å². The first-order chi connectivity index (χ1) is 9.97. The van der Waals surface area contributed by atoms with Gasteiger partial charge in [0, 0.05) is 11.6 Å². The van der Waals surface area contributed by atoms with Gasteiger partial charge < -0.3 is 24.6 Å². The minimum Gasteiger partial charge on any atom is -0.497 e. The van der Waals surface area contributed by atoms with Gasteiger partial charge in [-0.1, -0.05) is 0 Å². The molecular weight excluding hydrogens is 278 g/mol. The molecule has 1 unspecified atom stereocenters. The molecule has 0 bridgehead atoms. The van der Waals surface area contributed by atoms with Crippen LogP contribution < -0.4 is 14.8 Å². The van der Waals surface area contributed by atoms with Crippen LogP contribution in [0.5, 0.6) is 11.5 Å². The quantitative estimate of drug-likeness (QED) is 0.743. The fourth-order valence-electron chi connectivity index (χ4n) is 1.77. The summed E-state index contributed by atoms with van der Waals surface area (Å²) in [5.74, 6) is -0.276. The van der Waals surface area contributed by atoms with E-state index in [-0.39, 0.29) is 12.6 Å². The van der Waals surface area contributed by atoms with Gasteiger partial charge in [-0.2, -0.15) is 0 Å². The van der Waals surface area contributed by atoms with Crippen molar-refractivity contribution in [2.45, 2.75) is 13.0 Å². The minimum absolute atomic E-state index is 0.310. The second-order valence-corrected chi connectivity index (χ2v) is 4.28. The largest absolute Gasteiger partial charge is 0.497 e. The van der Waals surface area contributed by atoms with Crippen LogP contribution in [0.3, 0.4) is 0 Å². The molecule has 0 fully saturated rings. The monoisotopic (exact) mass is 297 g/mol. The maximum Gasteiger partial charge on any atom is 0.329 e. The predicted octanol–water partition coefficient (Wildman–Crippen LogP) is 0.982. The molecule has 0 saturated carbocycles. The Morgan fingerprint density at radius 2 is 1.95 bits per heavy atom. The van der Waals surface area contributed by atoms with Crippen LogP contribution in [0.15, 0.2) is 18.2 Å². The summed E-state index contributed by atoms with van der Waals surface area (Å²) < 4.78 is 15.1. The number of aliphatic carboxylic acids is 1. The van der Waals surface area contributed by atoms with Crippen molar-refractivity contribution < 1.29 is 28.9 Å². The van der Waals surface area contributed by atoms with E-state index in [2.05, 4.69) is 5.32 Å². The highest BCUT2D eigenvalue weighted by atomic mass is 16.5. The van der Waals surface area contributed by atoms with Gasteiger partial charge in [0.15, 0.2) is 0 Å². The molecule has 0 heterocycles. The number of nitrogens with one attached hydrogen (secondary N) is 1. The average molecular weight is 297 g/mol. The number of hydrogen-bond donors (Lipinski definition) is 2. The standard InChI is InChI=1S/C14H19NO6/c1-9(15-13(16)7-21-8-14(17)18)11-5-4-10(19-2)6-12(11)20-3/h4-6,9H,7-8H2,1-3H3,(H,15,16)(H,17,18). The Morgan fingerprint density at radius 1 is 1.24 bits per heavy atom. The molecule has 21 heavy (non-hydrogen) atoms. The summed E-state index contributed by atoms with van der Waals surface area (Å²) in [6.07, 6.45) is 0. The molecular formula is C14H19NO6. The van der Waals surface area contributed by atoms with Crippen LogP contribution >= 0.6 is 0 Å². The Bertz CT molecular complexity index is 502. The molecule has 1 aromatic rings. The van der Waals surface area contributed by atoms with Gasteiger partial charge in [-0.15, -0.1) is 0 Å². The van der Waals surface area contributed by atoms with Crippen molar-refractivity contribution >= 4 is 11.9 Å². The fourth-order valence-corrected chi connectivity index (χ4v) is 1.77. The summed E-state index contributed by atoms with van der Waals surface area (Å²) in [6.45, 7) is 0.974. The maximum absolute atomic E-state index is 11.6. The van der Waals surface area contributed by atoms with Gasteiger partial charge in [-0.25, -0.2) is 4.79 Å². The van der Waals surface area contributed by atoms with Crippen molar-refractivity contribution in [1.29, 1.82) is 0 Å². The molecule has 1 aromatic carbocycles. The molecule has 0 aliphatic rings. The van der Waals surface area contributed by atoms with E-state index in [1.54, 1.807) is 32.2 Å². The number of hydrogen-bond acceptors (Lipinski definition) is 5. The van der Waals surface area contributed by atoms with Crippen molar-refractivity contribution in [3.8, 4) is 11.5 Å². The van der Waals surface area contributed by atoms with Crippen molar-refractivity contribution in [3.63, 3.8) is 0 Å². The van der Waals surface area contributed by atoms with Gasteiger partial charge in [0.25, 0.3) is 0 Å². The smallest absolute Gasteiger partial charge is 0.329 e. The van der Waals surface area contributed by atoms with Gasteiger partial charge >= 0.3 is 5.97 Å². The minimum atomic E-state index is -1.12. The molecule has 2 N–H and O–H groups in total. The van der Waals surface area contributed by atoms with Crippen LogP contribution in [0.4, 0.5) is 0 Å². The third-order valence-corrected chi connectivity index (χ3v) is 2.74. The van der Waals surface area contributed by atoms with Crippen molar-refractivity contribution in [2.24, 2.45) is 0 Å². The van der Waals surface area contributed by atoms with Gasteiger partial charge in [0.1, 0.15) is 24.7 Å². The van der Waals surface area contributed by atoms with Crippen LogP contribution in [-0.4, -0.2) is 44.4 Å². The van der Waals surface area contributed by atoms with E-state index in [4.69, 9.17) is 19.3 Å². The van der Waals surface area contributed by atoms with E-state index in [1.807, 2.05) is 0 Å². The van der Waals surface area contributed by atoms with E-state index in [1.165, 1.54) is 7.11 Å². The first-order valence-corrected chi connectivity index (χ1v) is 6.28. The lowest BCUT2D eigenvalue weighted by atomic mass is 10.1. The number of rotatable bonds is 8. The zero-order chi connectivity index (χ0) is 15.8. The number of amides is 1. The Kier molecular flexibility index (Phi) is 6.48.